The molecule has 0 unspecified atom stereocenters. The van der Waals surface area contributed by atoms with Crippen LogP contribution in [0.15, 0.2) is 0 Å². The molecule has 0 bridgehead atoms. The van der Waals surface area contributed by atoms with Crippen molar-refractivity contribution in [3.63, 3.8) is 0 Å². The number of hydrogen-bond acceptors (Lipinski definition) is 5. The molecule has 0 aromatic heterocycles. The molecule has 3 saturated heterocycles. The summed E-state index contributed by atoms with van der Waals surface area (Å²) in [7, 11) is -3.22. The maximum atomic E-state index is 12.2. The topological polar surface area (TPSA) is 76.2 Å². The molecule has 1 atom stereocenters. The Morgan fingerprint density at radius 1 is 1.29 bits per heavy atom. The number of hydrogen-bond donors (Lipinski definition) is 0. The van der Waals surface area contributed by atoms with E-state index in [1.807, 2.05) is 4.90 Å². The average molecular weight is 360 g/mol. The van der Waals surface area contributed by atoms with Gasteiger partial charge in [-0.05, 0) is 33.1 Å². The molecule has 3 rings (SSSR count). The van der Waals surface area contributed by atoms with Gasteiger partial charge in [-0.1, -0.05) is 0 Å². The lowest BCUT2D eigenvalue weighted by atomic mass is 9.86. The molecule has 1 spiro atoms. The number of carbonyl (C=O) groups is 1. The van der Waals surface area contributed by atoms with Crippen LogP contribution in [-0.2, 0) is 24.3 Å². The van der Waals surface area contributed by atoms with Gasteiger partial charge in [0.05, 0.1) is 17.0 Å². The maximum Gasteiger partial charge on any atom is 0.248 e. The minimum atomic E-state index is -3.22. The molecular formula is C16H28N2O5S. The van der Waals surface area contributed by atoms with Crippen molar-refractivity contribution < 1.29 is 22.7 Å². The number of nitrogens with zero attached hydrogens (tertiary/aromatic N) is 2. The minimum absolute atomic E-state index is 0.0331. The highest BCUT2D eigenvalue weighted by Gasteiger charge is 2.52. The fourth-order valence-corrected chi connectivity index (χ4v) is 5.09. The predicted octanol–water partition coefficient (Wildman–Crippen LogP) is 0.597. The van der Waals surface area contributed by atoms with Gasteiger partial charge in [0.1, 0.15) is 6.61 Å². The molecule has 3 aliphatic heterocycles. The van der Waals surface area contributed by atoms with E-state index < -0.39 is 20.9 Å². The van der Waals surface area contributed by atoms with Crippen LogP contribution in [0.3, 0.4) is 0 Å². The number of rotatable bonds is 5. The summed E-state index contributed by atoms with van der Waals surface area (Å²) in [6, 6.07) is 0. The van der Waals surface area contributed by atoms with Crippen LogP contribution < -0.4 is 0 Å². The van der Waals surface area contributed by atoms with Crippen LogP contribution in [0.1, 0.15) is 39.5 Å². The summed E-state index contributed by atoms with van der Waals surface area (Å²) in [5.41, 5.74) is -0.429. The molecule has 3 heterocycles. The van der Waals surface area contributed by atoms with E-state index in [-0.39, 0.29) is 18.6 Å². The van der Waals surface area contributed by atoms with Gasteiger partial charge in [0.2, 0.25) is 15.9 Å². The monoisotopic (exact) mass is 360 g/mol. The zero-order valence-electron chi connectivity index (χ0n) is 14.6. The van der Waals surface area contributed by atoms with Crippen molar-refractivity contribution in [2.45, 2.75) is 56.5 Å². The van der Waals surface area contributed by atoms with Crippen LogP contribution in [-0.4, -0.2) is 79.9 Å². The van der Waals surface area contributed by atoms with E-state index >= 15 is 0 Å². The largest absolute Gasteiger partial charge is 0.372 e. The molecule has 7 nitrogen and oxygen atoms in total. The Hall–Kier alpha value is -0.700. The van der Waals surface area contributed by atoms with Crippen molar-refractivity contribution in [2.75, 3.05) is 39.4 Å². The van der Waals surface area contributed by atoms with Crippen molar-refractivity contribution in [3.8, 4) is 0 Å². The quantitative estimate of drug-likeness (QED) is 0.717. The lowest BCUT2D eigenvalue weighted by Crippen LogP contribution is -2.68. The SMILES string of the molecule is CC(C)S(=O)(=O)N1CC2(C[C@H](OCC(=O)N3CCCC3)CCO2)C1. The first-order valence-electron chi connectivity index (χ1n) is 8.85. The van der Waals surface area contributed by atoms with Crippen LogP contribution in [0, 0.1) is 0 Å². The molecule has 0 aromatic carbocycles. The Balaban J connectivity index is 1.48. The Morgan fingerprint density at radius 3 is 2.58 bits per heavy atom. The first-order chi connectivity index (χ1) is 11.3. The molecule has 3 aliphatic rings. The zero-order valence-corrected chi connectivity index (χ0v) is 15.4. The predicted molar refractivity (Wildman–Crippen MR) is 89.1 cm³/mol. The third-order valence-electron chi connectivity index (χ3n) is 5.23. The summed E-state index contributed by atoms with van der Waals surface area (Å²) in [4.78, 5) is 13.9. The van der Waals surface area contributed by atoms with Gasteiger partial charge in [0.25, 0.3) is 0 Å². The molecule has 0 aromatic rings. The summed E-state index contributed by atoms with van der Waals surface area (Å²) < 4.78 is 37.5. The highest BCUT2D eigenvalue weighted by atomic mass is 32.2. The summed E-state index contributed by atoms with van der Waals surface area (Å²) >= 11 is 0. The number of sulfonamides is 1. The Labute approximate surface area is 144 Å². The zero-order chi connectivity index (χ0) is 17.4. The summed E-state index contributed by atoms with van der Waals surface area (Å²) in [6.07, 6.45) is 3.53. The molecule has 0 saturated carbocycles. The Bertz CT molecular complexity index is 565. The van der Waals surface area contributed by atoms with E-state index in [2.05, 4.69) is 0 Å². The molecule has 24 heavy (non-hydrogen) atoms. The van der Waals surface area contributed by atoms with Gasteiger partial charge in [-0.2, -0.15) is 4.31 Å². The van der Waals surface area contributed by atoms with Crippen LogP contribution in [0.25, 0.3) is 0 Å². The average Bonchev–Trinajstić information content (AvgIpc) is 3.04. The van der Waals surface area contributed by atoms with Gasteiger partial charge in [-0.25, -0.2) is 8.42 Å². The maximum absolute atomic E-state index is 12.2. The molecule has 1 amide bonds. The van der Waals surface area contributed by atoms with Crippen LogP contribution in [0.4, 0.5) is 0 Å². The second-order valence-electron chi connectivity index (χ2n) is 7.41. The van der Waals surface area contributed by atoms with E-state index in [1.165, 1.54) is 4.31 Å². The standard InChI is InChI=1S/C16H28N2O5S/c1-13(2)24(20,21)18-11-16(12-18)9-14(5-8-23-16)22-10-15(19)17-6-3-4-7-17/h13-14H,3-12H2,1-2H3/t14-/m1/s1. The number of carbonyl (C=O) groups excluding carboxylic acids is 1. The molecular weight excluding hydrogens is 332 g/mol. The molecule has 0 radical (unpaired) electrons. The van der Waals surface area contributed by atoms with Gasteiger partial charge in [-0.3, -0.25) is 4.79 Å². The first kappa shape index (κ1) is 18.1. The third-order valence-corrected chi connectivity index (χ3v) is 7.40. The first-order valence-corrected chi connectivity index (χ1v) is 10.4. The lowest BCUT2D eigenvalue weighted by Gasteiger charge is -2.52. The molecule has 0 aliphatic carbocycles. The van der Waals surface area contributed by atoms with Gasteiger partial charge < -0.3 is 14.4 Å². The number of likely N-dealkylation sites (tertiary alicyclic amines) is 1. The third kappa shape index (κ3) is 3.61. The van der Waals surface area contributed by atoms with Gasteiger partial charge in [-0.15, -0.1) is 0 Å². The summed E-state index contributed by atoms with van der Waals surface area (Å²) in [5.74, 6) is 0.0608. The number of amides is 1. The fourth-order valence-electron chi connectivity index (χ4n) is 3.67. The highest BCUT2D eigenvalue weighted by Crippen LogP contribution is 2.37. The second kappa shape index (κ2) is 6.90. The van der Waals surface area contributed by atoms with Crippen molar-refractivity contribution in [1.29, 1.82) is 0 Å². The second-order valence-corrected chi connectivity index (χ2v) is 9.90. The Morgan fingerprint density at radius 2 is 1.96 bits per heavy atom. The fraction of sp³-hybridized carbons (Fsp3) is 0.938. The van der Waals surface area contributed by atoms with E-state index in [9.17, 15) is 13.2 Å². The highest BCUT2D eigenvalue weighted by molar-refractivity contribution is 7.89. The van der Waals surface area contributed by atoms with E-state index in [1.54, 1.807) is 13.8 Å². The van der Waals surface area contributed by atoms with Crippen LogP contribution in [0.5, 0.6) is 0 Å². The van der Waals surface area contributed by atoms with E-state index in [0.717, 1.165) is 32.4 Å². The minimum Gasteiger partial charge on any atom is -0.372 e. The van der Waals surface area contributed by atoms with Crippen molar-refractivity contribution >= 4 is 15.9 Å². The molecule has 138 valence electrons. The van der Waals surface area contributed by atoms with Crippen molar-refractivity contribution in [3.05, 3.63) is 0 Å². The number of ether oxygens (including phenoxy) is 2. The van der Waals surface area contributed by atoms with E-state index in [4.69, 9.17) is 9.47 Å². The summed E-state index contributed by atoms with van der Waals surface area (Å²) in [6.45, 7) is 6.52. The normalized spacial score (nSPS) is 27.6. The van der Waals surface area contributed by atoms with E-state index in [0.29, 0.717) is 26.1 Å². The van der Waals surface area contributed by atoms with Gasteiger partial charge >= 0.3 is 0 Å². The molecule has 8 heteroatoms. The summed E-state index contributed by atoms with van der Waals surface area (Å²) in [5, 5.41) is -0.413. The lowest BCUT2D eigenvalue weighted by molar-refractivity contribution is -0.181. The molecule has 0 N–H and O–H groups in total. The van der Waals surface area contributed by atoms with Gasteiger partial charge in [0.15, 0.2) is 0 Å². The smallest absolute Gasteiger partial charge is 0.248 e. The molecule has 3 fully saturated rings. The van der Waals surface area contributed by atoms with Gasteiger partial charge in [0, 0.05) is 39.2 Å². The van der Waals surface area contributed by atoms with Crippen LogP contribution in [0.2, 0.25) is 0 Å². The Kier molecular flexibility index (Phi) is 5.20. The van der Waals surface area contributed by atoms with Crippen molar-refractivity contribution in [2.24, 2.45) is 0 Å². The van der Waals surface area contributed by atoms with Crippen LogP contribution >= 0.6 is 0 Å². The van der Waals surface area contributed by atoms with Crippen molar-refractivity contribution in [1.82, 2.24) is 9.21 Å².